The number of nitrogens with zero attached hydrogens (tertiary/aromatic N) is 1. The summed E-state index contributed by atoms with van der Waals surface area (Å²) in [5.41, 5.74) is 2.82. The van der Waals surface area contributed by atoms with Crippen molar-refractivity contribution in [2.24, 2.45) is 45.8 Å². The van der Waals surface area contributed by atoms with Gasteiger partial charge in [-0.1, -0.05) is 101 Å². The molecule has 314 valence electrons. The Morgan fingerprint density at radius 2 is 1.55 bits per heavy atom. The molecular formula is C47H79FN2O4S. The number of rotatable bonds is 7. The first-order valence-corrected chi connectivity index (χ1v) is 24.2. The van der Waals surface area contributed by atoms with Crippen LogP contribution < -0.4 is 5.32 Å². The third-order valence-electron chi connectivity index (χ3n) is 15.6. The monoisotopic (exact) mass is 787 g/mol. The van der Waals surface area contributed by atoms with Crippen LogP contribution in [0.15, 0.2) is 24.3 Å². The Balaban J connectivity index is 0.000000780. The predicted octanol–water partition coefficient (Wildman–Crippen LogP) is 11.0. The number of nitrogens with one attached hydrogen (secondary N) is 1. The lowest BCUT2D eigenvalue weighted by molar-refractivity contribution is -0.172. The SMILES string of the molecule is CC.CC.CCCC.COC(=O)c1ccc(C2=CC[C@@]3(C)C(CC[C@@]4(C)C5CC[C@@]6(NCCN7CCS(=O)(=O)CC7)CCC[C@@H]6[C@H]5CCC43)C2(C)C)cc1F. The summed E-state index contributed by atoms with van der Waals surface area (Å²) in [4.78, 5) is 14.4. The van der Waals surface area contributed by atoms with Gasteiger partial charge in [0.1, 0.15) is 5.82 Å². The van der Waals surface area contributed by atoms with E-state index in [9.17, 15) is 13.2 Å². The number of methoxy groups -OCH3 is 1. The molecule has 1 N–H and O–H groups in total. The zero-order valence-corrected chi connectivity index (χ0v) is 37.6. The predicted molar refractivity (Wildman–Crippen MR) is 228 cm³/mol. The van der Waals surface area contributed by atoms with Crippen molar-refractivity contribution in [2.75, 3.05) is 44.8 Å². The fourth-order valence-electron chi connectivity index (χ4n) is 13.0. The first-order chi connectivity index (χ1) is 26.2. The summed E-state index contributed by atoms with van der Waals surface area (Å²) < 4.78 is 43.7. The van der Waals surface area contributed by atoms with Crippen molar-refractivity contribution in [3.63, 3.8) is 0 Å². The highest BCUT2D eigenvalue weighted by Crippen LogP contribution is 2.72. The van der Waals surface area contributed by atoms with Crippen LogP contribution in [0.5, 0.6) is 0 Å². The molecule has 1 aromatic carbocycles. The summed E-state index contributed by atoms with van der Waals surface area (Å²) in [6.07, 6.45) is 17.8. The average Bonchev–Trinajstić information content (AvgIpc) is 3.61. The average molecular weight is 787 g/mol. The van der Waals surface area contributed by atoms with Crippen molar-refractivity contribution >= 4 is 21.4 Å². The van der Waals surface area contributed by atoms with E-state index in [2.05, 4.69) is 57.8 Å². The minimum atomic E-state index is -2.84. The molecule has 6 aliphatic rings. The Morgan fingerprint density at radius 1 is 0.873 bits per heavy atom. The number of hydrogen-bond donors (Lipinski definition) is 1. The third kappa shape index (κ3) is 8.97. The molecule has 1 heterocycles. The minimum Gasteiger partial charge on any atom is -0.465 e. The largest absolute Gasteiger partial charge is 0.465 e. The molecule has 4 saturated carbocycles. The number of hydrogen-bond acceptors (Lipinski definition) is 6. The van der Waals surface area contributed by atoms with E-state index in [1.807, 2.05) is 33.8 Å². The molecule has 55 heavy (non-hydrogen) atoms. The summed E-state index contributed by atoms with van der Waals surface area (Å²) in [7, 11) is -1.55. The number of fused-ring (bicyclic) bond motifs is 7. The smallest absolute Gasteiger partial charge is 0.340 e. The molecule has 1 aliphatic heterocycles. The highest BCUT2D eigenvalue weighted by atomic mass is 32.2. The maximum absolute atomic E-state index is 15.1. The van der Waals surface area contributed by atoms with E-state index in [0.717, 1.165) is 42.8 Å². The molecule has 0 amide bonds. The van der Waals surface area contributed by atoms with Gasteiger partial charge in [0.25, 0.3) is 0 Å². The van der Waals surface area contributed by atoms with E-state index in [-0.39, 0.29) is 21.9 Å². The zero-order valence-electron chi connectivity index (χ0n) is 36.8. The van der Waals surface area contributed by atoms with Crippen LogP contribution in [0.1, 0.15) is 162 Å². The lowest BCUT2D eigenvalue weighted by atomic mass is 9.37. The number of esters is 1. The van der Waals surface area contributed by atoms with Crippen molar-refractivity contribution < 1.29 is 22.3 Å². The van der Waals surface area contributed by atoms with Gasteiger partial charge in [-0.2, -0.15) is 0 Å². The Kier molecular flexibility index (Phi) is 15.8. The highest BCUT2D eigenvalue weighted by molar-refractivity contribution is 7.91. The number of allylic oxidation sites excluding steroid dienone is 2. The quantitative estimate of drug-likeness (QED) is 0.278. The van der Waals surface area contributed by atoms with E-state index in [1.54, 1.807) is 12.1 Å². The van der Waals surface area contributed by atoms with Crippen LogP contribution in [0.25, 0.3) is 5.57 Å². The maximum atomic E-state index is 15.1. The van der Waals surface area contributed by atoms with E-state index < -0.39 is 21.6 Å². The molecule has 5 fully saturated rings. The van der Waals surface area contributed by atoms with Crippen LogP contribution >= 0.6 is 0 Å². The summed E-state index contributed by atoms with van der Waals surface area (Å²) in [6, 6.07) is 5.04. The Labute approximate surface area is 336 Å². The lowest BCUT2D eigenvalue weighted by Gasteiger charge is -2.68. The molecule has 0 aromatic heterocycles. The minimum absolute atomic E-state index is 0.00548. The van der Waals surface area contributed by atoms with Crippen molar-refractivity contribution in [1.29, 1.82) is 0 Å². The Hall–Kier alpha value is -1.77. The first kappa shape index (κ1) is 45.9. The van der Waals surface area contributed by atoms with Gasteiger partial charge in [0.2, 0.25) is 0 Å². The molecule has 7 rings (SSSR count). The van der Waals surface area contributed by atoms with E-state index >= 15 is 4.39 Å². The fraction of sp³-hybridized carbons (Fsp3) is 0.809. The number of ether oxygens (including phenoxy) is 1. The number of benzene rings is 1. The van der Waals surface area contributed by atoms with Crippen molar-refractivity contribution in [3.05, 3.63) is 41.2 Å². The molecule has 0 spiro atoms. The topological polar surface area (TPSA) is 75.7 Å². The van der Waals surface area contributed by atoms with Crippen molar-refractivity contribution in [1.82, 2.24) is 10.2 Å². The first-order valence-electron chi connectivity index (χ1n) is 22.4. The van der Waals surface area contributed by atoms with Crippen LogP contribution in [0.2, 0.25) is 0 Å². The van der Waals surface area contributed by atoms with Gasteiger partial charge >= 0.3 is 5.97 Å². The van der Waals surface area contributed by atoms with Gasteiger partial charge in [-0.25, -0.2) is 17.6 Å². The van der Waals surface area contributed by atoms with Crippen LogP contribution in [0.4, 0.5) is 4.39 Å². The van der Waals surface area contributed by atoms with Crippen LogP contribution in [0, 0.1) is 51.7 Å². The molecule has 0 radical (unpaired) electrons. The molecule has 8 atom stereocenters. The number of sulfone groups is 1. The van der Waals surface area contributed by atoms with Gasteiger partial charge in [-0.05, 0) is 127 Å². The van der Waals surface area contributed by atoms with E-state index in [1.165, 1.54) is 83.3 Å². The maximum Gasteiger partial charge on any atom is 0.340 e. The van der Waals surface area contributed by atoms with Crippen LogP contribution in [0.3, 0.4) is 0 Å². The third-order valence-corrected chi connectivity index (χ3v) is 17.2. The molecular weight excluding hydrogens is 708 g/mol. The summed E-state index contributed by atoms with van der Waals surface area (Å²) in [5, 5.41) is 4.13. The lowest BCUT2D eigenvalue weighted by Crippen LogP contribution is -2.63. The van der Waals surface area contributed by atoms with E-state index in [0.29, 0.717) is 41.8 Å². The second-order valence-electron chi connectivity index (χ2n) is 18.3. The second kappa shape index (κ2) is 18.9. The Morgan fingerprint density at radius 3 is 2.16 bits per heavy atom. The molecule has 3 unspecified atom stereocenters. The normalized spacial score (nSPS) is 35.6. The second-order valence-corrected chi connectivity index (χ2v) is 20.7. The Bertz CT molecular complexity index is 1560. The summed E-state index contributed by atoms with van der Waals surface area (Å²) in [5.74, 6) is 3.00. The van der Waals surface area contributed by atoms with Gasteiger partial charge in [0.15, 0.2) is 9.84 Å². The number of carbonyl (C=O) groups is 1. The molecule has 0 bridgehead atoms. The number of carbonyl (C=O) groups excluding carboxylic acids is 1. The van der Waals surface area contributed by atoms with Gasteiger partial charge in [-0.15, -0.1) is 0 Å². The van der Waals surface area contributed by atoms with Crippen LogP contribution in [-0.4, -0.2) is 69.6 Å². The van der Waals surface area contributed by atoms with Crippen molar-refractivity contribution in [3.8, 4) is 0 Å². The molecule has 8 heteroatoms. The number of halogens is 1. The van der Waals surface area contributed by atoms with Gasteiger partial charge < -0.3 is 15.0 Å². The molecule has 1 saturated heterocycles. The standard InChI is InChI=1S/C39H57FN2O4S.C4H10.2C2H6/c1-36(2)29(26-8-9-28(32(40)25-26)35(43)46-5)12-16-38(4)33(36)14-17-37(3)30-13-18-39(15-6-7-31(39)27(30)10-11-34(37)38)41-19-20-42-21-23-47(44,45)24-22-42;1-3-4-2;2*1-2/h8-9,12,25,27,30-31,33-34,41H,6-7,10-11,13-24H2,1-5H3;3-4H2,1-2H3;2*1-2H3/t27-,30?,31+,33?,34?,37-,38-,39-;;;/m0.../s1. The molecule has 1 aromatic rings. The van der Waals surface area contributed by atoms with Gasteiger partial charge in [0.05, 0.1) is 24.2 Å². The molecule has 5 aliphatic carbocycles. The summed E-state index contributed by atoms with van der Waals surface area (Å²) >= 11 is 0. The summed E-state index contributed by atoms with van der Waals surface area (Å²) in [6.45, 7) is 25.6. The van der Waals surface area contributed by atoms with Crippen LogP contribution in [-0.2, 0) is 14.6 Å². The van der Waals surface area contributed by atoms with Gasteiger partial charge in [-0.3, -0.25) is 0 Å². The fourth-order valence-corrected chi connectivity index (χ4v) is 14.3. The zero-order chi connectivity index (χ0) is 40.8. The highest BCUT2D eigenvalue weighted by Gasteiger charge is 2.65. The van der Waals surface area contributed by atoms with Crippen molar-refractivity contribution in [2.45, 2.75) is 152 Å². The van der Waals surface area contributed by atoms with Gasteiger partial charge in [0, 0.05) is 31.7 Å². The number of unbranched alkanes of at least 4 members (excludes halogenated alkanes) is 1. The molecule has 6 nitrogen and oxygen atoms in total. The van der Waals surface area contributed by atoms with E-state index in [4.69, 9.17) is 4.74 Å².